The van der Waals surface area contributed by atoms with Crippen molar-refractivity contribution in [2.24, 2.45) is 0 Å². The molecule has 2 aliphatic carbocycles. The molecular formula is C15H16F3N3. The van der Waals surface area contributed by atoms with Crippen LogP contribution in [0.4, 0.5) is 19.0 Å². The van der Waals surface area contributed by atoms with Crippen LogP contribution in [0.2, 0.25) is 0 Å². The van der Waals surface area contributed by atoms with Gasteiger partial charge in [-0.25, -0.2) is 4.98 Å². The minimum absolute atomic E-state index is 0.132. The number of hydrogen-bond acceptors (Lipinski definition) is 3. The molecule has 3 nitrogen and oxygen atoms in total. The lowest BCUT2D eigenvalue weighted by Crippen LogP contribution is -2.37. The number of hydrogen-bond donors (Lipinski definition) is 0. The fourth-order valence-electron chi connectivity index (χ4n) is 2.88. The average molecular weight is 295 g/mol. The van der Waals surface area contributed by atoms with Gasteiger partial charge in [-0.15, -0.1) is 0 Å². The molecular weight excluding hydrogens is 279 g/mol. The standard InChI is InChI=1S/C15H16F3N3/c16-15(17,18)9-21(12-5-6-12)14-11(8-19)7-10-3-1-2-4-13(10)20-14/h7,12H,1-6,9H2. The van der Waals surface area contributed by atoms with Crippen molar-refractivity contribution in [1.29, 1.82) is 5.26 Å². The zero-order valence-electron chi connectivity index (χ0n) is 11.6. The lowest BCUT2D eigenvalue weighted by atomic mass is 9.95. The van der Waals surface area contributed by atoms with Gasteiger partial charge in [0.05, 0.1) is 5.56 Å². The highest BCUT2D eigenvalue weighted by Gasteiger charge is 2.40. The Hall–Kier alpha value is -1.77. The summed E-state index contributed by atoms with van der Waals surface area (Å²) in [6.45, 7) is -1.03. The highest BCUT2D eigenvalue weighted by molar-refractivity contribution is 5.58. The maximum atomic E-state index is 12.8. The summed E-state index contributed by atoms with van der Waals surface area (Å²) < 4.78 is 38.4. The normalized spacial score (nSPS) is 18.0. The quantitative estimate of drug-likeness (QED) is 0.858. The average Bonchev–Trinajstić information content (AvgIpc) is 3.27. The molecule has 0 bridgehead atoms. The summed E-state index contributed by atoms with van der Waals surface area (Å²) >= 11 is 0. The van der Waals surface area contributed by atoms with E-state index in [9.17, 15) is 18.4 Å². The Labute approximate surface area is 121 Å². The van der Waals surface area contributed by atoms with Crippen LogP contribution in [0.1, 0.15) is 42.5 Å². The first-order chi connectivity index (χ1) is 9.98. The van der Waals surface area contributed by atoms with Crippen LogP contribution in [0.5, 0.6) is 0 Å². The molecule has 0 aliphatic heterocycles. The van der Waals surface area contributed by atoms with E-state index in [1.54, 1.807) is 6.07 Å². The number of rotatable bonds is 3. The monoisotopic (exact) mass is 295 g/mol. The van der Waals surface area contributed by atoms with Crippen molar-refractivity contribution in [3.05, 3.63) is 22.9 Å². The van der Waals surface area contributed by atoms with E-state index in [1.165, 1.54) is 4.90 Å². The van der Waals surface area contributed by atoms with Gasteiger partial charge in [0, 0.05) is 11.7 Å². The van der Waals surface area contributed by atoms with Gasteiger partial charge in [0.25, 0.3) is 0 Å². The fraction of sp³-hybridized carbons (Fsp3) is 0.600. The summed E-state index contributed by atoms with van der Waals surface area (Å²) in [5.41, 5.74) is 2.15. The lowest BCUT2D eigenvalue weighted by Gasteiger charge is -2.27. The van der Waals surface area contributed by atoms with Crippen molar-refractivity contribution in [3.8, 4) is 6.07 Å². The van der Waals surface area contributed by atoms with E-state index < -0.39 is 12.7 Å². The van der Waals surface area contributed by atoms with E-state index in [4.69, 9.17) is 0 Å². The van der Waals surface area contributed by atoms with Crippen molar-refractivity contribution < 1.29 is 13.2 Å². The first-order valence-corrected chi connectivity index (χ1v) is 7.24. The van der Waals surface area contributed by atoms with E-state index in [0.717, 1.165) is 49.8 Å². The molecule has 0 radical (unpaired) electrons. The number of nitriles is 1. The minimum atomic E-state index is -4.28. The number of aryl methyl sites for hydroxylation is 2. The van der Waals surface area contributed by atoms with Crippen LogP contribution in [0.15, 0.2) is 6.07 Å². The smallest absolute Gasteiger partial charge is 0.343 e. The highest BCUT2D eigenvalue weighted by Crippen LogP contribution is 2.36. The molecule has 1 heterocycles. The molecule has 1 saturated carbocycles. The second-order valence-corrected chi connectivity index (χ2v) is 5.76. The Bertz CT molecular complexity index is 585. The van der Waals surface area contributed by atoms with Gasteiger partial charge in [-0.05, 0) is 50.2 Å². The molecule has 0 spiro atoms. The second-order valence-electron chi connectivity index (χ2n) is 5.76. The first kappa shape index (κ1) is 14.2. The number of pyridine rings is 1. The van der Waals surface area contributed by atoms with Gasteiger partial charge in [0.1, 0.15) is 18.4 Å². The maximum Gasteiger partial charge on any atom is 0.405 e. The van der Waals surface area contributed by atoms with Crippen LogP contribution < -0.4 is 4.90 Å². The minimum Gasteiger partial charge on any atom is -0.343 e. The third kappa shape index (κ3) is 3.12. The van der Waals surface area contributed by atoms with E-state index in [-0.39, 0.29) is 17.4 Å². The molecule has 0 saturated heterocycles. The summed E-state index contributed by atoms with van der Waals surface area (Å²) in [5, 5.41) is 9.27. The van der Waals surface area contributed by atoms with Crippen LogP contribution in [-0.4, -0.2) is 23.7 Å². The summed E-state index contributed by atoms with van der Waals surface area (Å²) in [7, 11) is 0. The van der Waals surface area contributed by atoms with Gasteiger partial charge in [0.15, 0.2) is 0 Å². The number of nitrogens with zero attached hydrogens (tertiary/aromatic N) is 3. The predicted octanol–water partition coefficient (Wildman–Crippen LogP) is 3.36. The van der Waals surface area contributed by atoms with Crippen LogP contribution in [0.3, 0.4) is 0 Å². The fourth-order valence-corrected chi connectivity index (χ4v) is 2.88. The van der Waals surface area contributed by atoms with Crippen molar-refractivity contribution in [2.45, 2.75) is 50.7 Å². The van der Waals surface area contributed by atoms with Gasteiger partial charge < -0.3 is 4.90 Å². The van der Waals surface area contributed by atoms with Crippen LogP contribution in [0.25, 0.3) is 0 Å². The van der Waals surface area contributed by atoms with Crippen molar-refractivity contribution in [2.75, 3.05) is 11.4 Å². The first-order valence-electron chi connectivity index (χ1n) is 7.24. The summed E-state index contributed by atoms with van der Waals surface area (Å²) in [6, 6.07) is 3.63. The molecule has 0 atom stereocenters. The molecule has 0 N–H and O–H groups in total. The molecule has 1 aromatic rings. The SMILES string of the molecule is N#Cc1cc2c(nc1N(CC(F)(F)F)C1CC1)CCCC2. The summed E-state index contributed by atoms with van der Waals surface area (Å²) in [5.74, 6) is 0.220. The van der Waals surface area contributed by atoms with Gasteiger partial charge in [0.2, 0.25) is 0 Å². The Kier molecular flexibility index (Phi) is 3.52. The number of anilines is 1. The van der Waals surface area contributed by atoms with Crippen molar-refractivity contribution in [3.63, 3.8) is 0 Å². The zero-order valence-corrected chi connectivity index (χ0v) is 11.6. The van der Waals surface area contributed by atoms with Crippen molar-refractivity contribution >= 4 is 5.82 Å². The third-order valence-electron chi connectivity index (χ3n) is 4.01. The number of fused-ring (bicyclic) bond motifs is 1. The van der Waals surface area contributed by atoms with Gasteiger partial charge in [-0.1, -0.05) is 0 Å². The molecule has 0 amide bonds. The van der Waals surface area contributed by atoms with E-state index in [2.05, 4.69) is 4.98 Å². The Morgan fingerprint density at radius 1 is 1.29 bits per heavy atom. The molecule has 21 heavy (non-hydrogen) atoms. The van der Waals surface area contributed by atoms with Gasteiger partial charge in [-0.3, -0.25) is 0 Å². The number of halogens is 3. The number of alkyl halides is 3. The number of aromatic nitrogens is 1. The Morgan fingerprint density at radius 3 is 2.62 bits per heavy atom. The Morgan fingerprint density at radius 2 is 2.00 bits per heavy atom. The zero-order chi connectivity index (χ0) is 15.0. The van der Waals surface area contributed by atoms with E-state index in [1.807, 2.05) is 6.07 Å². The lowest BCUT2D eigenvalue weighted by molar-refractivity contribution is -0.120. The second kappa shape index (κ2) is 5.21. The molecule has 0 aromatic carbocycles. The van der Waals surface area contributed by atoms with E-state index in [0.29, 0.717) is 0 Å². The van der Waals surface area contributed by atoms with Crippen molar-refractivity contribution in [1.82, 2.24) is 4.98 Å². The molecule has 1 fully saturated rings. The predicted molar refractivity (Wildman–Crippen MR) is 72.0 cm³/mol. The highest BCUT2D eigenvalue weighted by atomic mass is 19.4. The maximum absolute atomic E-state index is 12.8. The molecule has 3 rings (SSSR count). The van der Waals surface area contributed by atoms with Crippen LogP contribution in [0, 0.1) is 11.3 Å². The summed E-state index contributed by atoms with van der Waals surface area (Å²) in [4.78, 5) is 5.70. The van der Waals surface area contributed by atoms with Crippen LogP contribution >= 0.6 is 0 Å². The largest absolute Gasteiger partial charge is 0.405 e. The third-order valence-corrected chi connectivity index (χ3v) is 4.01. The Balaban J connectivity index is 2.00. The van der Waals surface area contributed by atoms with Gasteiger partial charge in [-0.2, -0.15) is 18.4 Å². The molecule has 1 aromatic heterocycles. The molecule has 112 valence electrons. The van der Waals surface area contributed by atoms with Crippen LogP contribution in [-0.2, 0) is 12.8 Å². The van der Waals surface area contributed by atoms with Gasteiger partial charge >= 0.3 is 6.18 Å². The van der Waals surface area contributed by atoms with E-state index >= 15 is 0 Å². The summed E-state index contributed by atoms with van der Waals surface area (Å²) in [6.07, 6.45) is 0.896. The molecule has 6 heteroatoms. The molecule has 2 aliphatic rings. The molecule has 0 unspecified atom stereocenters. The topological polar surface area (TPSA) is 39.9 Å².